The summed E-state index contributed by atoms with van der Waals surface area (Å²) in [5, 5.41) is 4.32. The van der Waals surface area contributed by atoms with Gasteiger partial charge in [-0.1, -0.05) is 24.2 Å². The minimum absolute atomic E-state index is 0.195. The highest BCUT2D eigenvalue weighted by Crippen LogP contribution is 2.33. The van der Waals surface area contributed by atoms with E-state index < -0.39 is 5.60 Å². The van der Waals surface area contributed by atoms with Gasteiger partial charge < -0.3 is 18.9 Å². The number of ether oxygens (including phenoxy) is 2. The zero-order chi connectivity index (χ0) is 28.3. The fourth-order valence-corrected chi connectivity index (χ4v) is 5.92. The van der Waals surface area contributed by atoms with Gasteiger partial charge in [-0.05, 0) is 88.3 Å². The maximum Gasteiger partial charge on any atom is 0.320 e. The molecule has 0 aliphatic carbocycles. The average molecular weight is 547 g/mol. The number of carbonyl (C=O) groups excluding carboxylic acids is 1. The van der Waals surface area contributed by atoms with E-state index in [9.17, 15) is 4.79 Å². The van der Waals surface area contributed by atoms with Crippen LogP contribution >= 0.6 is 0 Å². The van der Waals surface area contributed by atoms with Gasteiger partial charge in [-0.25, -0.2) is 0 Å². The van der Waals surface area contributed by atoms with Crippen molar-refractivity contribution in [2.75, 3.05) is 31.6 Å². The third-order valence-corrected chi connectivity index (χ3v) is 7.79. The Morgan fingerprint density at radius 3 is 2.67 bits per heavy atom. The van der Waals surface area contributed by atoms with Crippen molar-refractivity contribution in [3.05, 3.63) is 53.1 Å². The van der Waals surface area contributed by atoms with Crippen LogP contribution in [0.15, 0.2) is 40.9 Å². The summed E-state index contributed by atoms with van der Waals surface area (Å²) in [5.74, 6) is 0.856. The predicted octanol–water partition coefficient (Wildman–Crippen LogP) is 6.02. The van der Waals surface area contributed by atoms with E-state index in [2.05, 4.69) is 58.3 Å². The number of fused-ring (bicyclic) bond motifs is 1. The first-order chi connectivity index (χ1) is 19.2. The van der Waals surface area contributed by atoms with Crippen LogP contribution in [0.1, 0.15) is 70.1 Å². The average Bonchev–Trinajstić information content (AvgIpc) is 3.42. The predicted molar refractivity (Wildman–Crippen MR) is 156 cm³/mol. The fraction of sp³-hybridized carbons (Fsp3) is 0.531. The van der Waals surface area contributed by atoms with Crippen LogP contribution < -0.4 is 4.90 Å². The molecule has 0 N–H and O–H groups in total. The van der Waals surface area contributed by atoms with E-state index in [4.69, 9.17) is 19.0 Å². The highest BCUT2D eigenvalue weighted by atomic mass is 16.6. The molecular weight excluding hydrogens is 504 g/mol. The van der Waals surface area contributed by atoms with Crippen molar-refractivity contribution < 1.29 is 18.8 Å². The molecule has 8 nitrogen and oxygen atoms in total. The number of nitrogens with zero attached hydrogens (tertiary/aromatic N) is 4. The van der Waals surface area contributed by atoms with Crippen LogP contribution in [0.4, 0.5) is 5.69 Å². The zero-order valence-corrected chi connectivity index (χ0v) is 24.5. The summed E-state index contributed by atoms with van der Waals surface area (Å²) < 4.78 is 16.8. The van der Waals surface area contributed by atoms with Gasteiger partial charge in [0.15, 0.2) is 0 Å². The van der Waals surface area contributed by atoms with Crippen LogP contribution in [0.2, 0.25) is 0 Å². The molecule has 2 aromatic carbocycles. The first-order valence-corrected chi connectivity index (χ1v) is 14.5. The number of piperidine rings is 1. The Morgan fingerprint density at radius 1 is 1.07 bits per heavy atom. The Labute approximate surface area is 237 Å². The van der Waals surface area contributed by atoms with Gasteiger partial charge in [-0.15, -0.1) is 0 Å². The second-order valence-electron chi connectivity index (χ2n) is 12.0. The van der Waals surface area contributed by atoms with Crippen molar-refractivity contribution in [1.82, 2.24) is 15.0 Å². The number of hydrogen-bond acceptors (Lipinski definition) is 8. The van der Waals surface area contributed by atoms with Crippen molar-refractivity contribution in [1.29, 1.82) is 0 Å². The molecule has 1 saturated heterocycles. The number of esters is 1. The van der Waals surface area contributed by atoms with E-state index in [1.54, 1.807) is 7.11 Å². The fourth-order valence-electron chi connectivity index (χ4n) is 5.92. The Bertz CT molecular complexity index is 1330. The lowest BCUT2D eigenvalue weighted by Crippen LogP contribution is -2.39. The first kappa shape index (κ1) is 28.3. The molecule has 1 fully saturated rings. The second kappa shape index (κ2) is 12.1. The second-order valence-corrected chi connectivity index (χ2v) is 12.0. The smallest absolute Gasteiger partial charge is 0.320 e. The standard InChI is InChI=1S/C32H42N4O4/c1-6-27-9-7-8-15-36(27)28-13-12-24(18-26(28)21-38-5)31-33-30(34-40-31)23-11-10-22-14-16-35(19-25(22)17-23)20-29(37)39-32(2,3)4/h10-13,17-18,27H,6-9,14-16,19-21H2,1-5H3/t27-/m1/s1. The van der Waals surface area contributed by atoms with E-state index in [-0.39, 0.29) is 12.5 Å². The first-order valence-electron chi connectivity index (χ1n) is 14.5. The molecule has 0 amide bonds. The molecule has 1 aromatic heterocycles. The molecule has 2 aliphatic heterocycles. The number of anilines is 1. The quantitative estimate of drug-likeness (QED) is 0.317. The van der Waals surface area contributed by atoms with Gasteiger partial charge in [-0.3, -0.25) is 9.69 Å². The lowest BCUT2D eigenvalue weighted by molar-refractivity contribution is -0.156. The minimum Gasteiger partial charge on any atom is -0.459 e. The van der Waals surface area contributed by atoms with Crippen molar-refractivity contribution in [3.63, 3.8) is 0 Å². The third kappa shape index (κ3) is 6.56. The number of aromatic nitrogens is 2. The van der Waals surface area contributed by atoms with Gasteiger partial charge in [0.1, 0.15) is 5.60 Å². The van der Waals surface area contributed by atoms with Crippen LogP contribution in [0.5, 0.6) is 0 Å². The van der Waals surface area contributed by atoms with Crippen LogP contribution in [0.25, 0.3) is 22.8 Å². The lowest BCUT2D eigenvalue weighted by atomic mass is 9.97. The topological polar surface area (TPSA) is 80.9 Å². The molecule has 1 atom stereocenters. The normalized spacial score (nSPS) is 18.0. The monoisotopic (exact) mass is 546 g/mol. The van der Waals surface area contributed by atoms with Crippen LogP contribution in [0, 0.1) is 0 Å². The van der Waals surface area contributed by atoms with E-state index >= 15 is 0 Å². The van der Waals surface area contributed by atoms with Crippen molar-refractivity contribution in [3.8, 4) is 22.8 Å². The van der Waals surface area contributed by atoms with Gasteiger partial charge >= 0.3 is 5.97 Å². The van der Waals surface area contributed by atoms with Crippen LogP contribution in [-0.2, 0) is 33.8 Å². The summed E-state index contributed by atoms with van der Waals surface area (Å²) in [6.45, 7) is 11.4. The number of rotatable bonds is 8. The van der Waals surface area contributed by atoms with Gasteiger partial charge in [0.2, 0.25) is 5.82 Å². The number of hydrogen-bond donors (Lipinski definition) is 0. The largest absolute Gasteiger partial charge is 0.459 e. The molecule has 0 bridgehead atoms. The molecule has 3 aromatic rings. The maximum atomic E-state index is 12.4. The summed E-state index contributed by atoms with van der Waals surface area (Å²) in [6.07, 6.45) is 5.78. The Balaban J connectivity index is 1.34. The summed E-state index contributed by atoms with van der Waals surface area (Å²) in [5.41, 5.74) is 6.15. The molecule has 0 saturated carbocycles. The van der Waals surface area contributed by atoms with Crippen LogP contribution in [-0.4, -0.2) is 59.4 Å². The molecule has 5 rings (SSSR count). The van der Waals surface area contributed by atoms with Crippen LogP contribution in [0.3, 0.4) is 0 Å². The summed E-state index contributed by atoms with van der Waals surface area (Å²) in [4.78, 5) is 21.8. The molecule has 8 heteroatoms. The Morgan fingerprint density at radius 2 is 1.90 bits per heavy atom. The molecule has 0 unspecified atom stereocenters. The molecule has 2 aliphatic rings. The Kier molecular flexibility index (Phi) is 8.57. The molecular formula is C32H42N4O4. The SMILES string of the molecule is CC[C@@H]1CCCCN1c1ccc(-c2nc(-c3ccc4c(c3)CN(CC(=O)OC(C)(C)C)CC4)no2)cc1COC. The Hall–Kier alpha value is -3.23. The van der Waals surface area contributed by atoms with Gasteiger partial charge in [0.25, 0.3) is 5.89 Å². The molecule has 214 valence electrons. The molecule has 0 radical (unpaired) electrons. The number of carbonyl (C=O) groups is 1. The highest BCUT2D eigenvalue weighted by molar-refractivity contribution is 5.72. The zero-order valence-electron chi connectivity index (χ0n) is 24.5. The maximum absolute atomic E-state index is 12.4. The third-order valence-electron chi connectivity index (χ3n) is 7.79. The van der Waals surface area contributed by atoms with Crippen molar-refractivity contribution >= 4 is 11.7 Å². The minimum atomic E-state index is -0.482. The highest BCUT2D eigenvalue weighted by Gasteiger charge is 2.25. The number of methoxy groups -OCH3 is 1. The van der Waals surface area contributed by atoms with E-state index in [1.807, 2.05) is 20.8 Å². The molecule has 0 spiro atoms. The van der Waals surface area contributed by atoms with Crippen molar-refractivity contribution in [2.45, 2.75) is 84.6 Å². The van der Waals surface area contributed by atoms with E-state index in [1.165, 1.54) is 36.1 Å². The number of benzene rings is 2. The lowest BCUT2D eigenvalue weighted by Gasteiger charge is -2.38. The van der Waals surface area contributed by atoms with Crippen molar-refractivity contribution in [2.24, 2.45) is 0 Å². The van der Waals surface area contributed by atoms with Gasteiger partial charge in [-0.2, -0.15) is 4.98 Å². The van der Waals surface area contributed by atoms with E-state index in [0.717, 1.165) is 42.6 Å². The summed E-state index contributed by atoms with van der Waals surface area (Å²) in [6, 6.07) is 13.3. The summed E-state index contributed by atoms with van der Waals surface area (Å²) >= 11 is 0. The van der Waals surface area contributed by atoms with E-state index in [0.29, 0.717) is 30.9 Å². The summed E-state index contributed by atoms with van der Waals surface area (Å²) in [7, 11) is 1.74. The van der Waals surface area contributed by atoms with Gasteiger partial charge in [0, 0.05) is 55.2 Å². The molecule has 40 heavy (non-hydrogen) atoms. The van der Waals surface area contributed by atoms with Gasteiger partial charge in [0.05, 0.1) is 13.2 Å². The molecule has 3 heterocycles.